The first kappa shape index (κ1) is 18.2. The van der Waals surface area contributed by atoms with Crippen LogP contribution in [0.25, 0.3) is 0 Å². The van der Waals surface area contributed by atoms with Crippen LogP contribution in [0.1, 0.15) is 61.5 Å². The van der Waals surface area contributed by atoms with Gasteiger partial charge in [-0.25, -0.2) is 4.98 Å². The second-order valence-electron chi connectivity index (χ2n) is 8.44. The predicted octanol–water partition coefficient (Wildman–Crippen LogP) is 2.34. The first-order valence-corrected chi connectivity index (χ1v) is 10.1. The van der Waals surface area contributed by atoms with E-state index in [1.807, 2.05) is 23.4 Å². The van der Waals surface area contributed by atoms with Crippen molar-refractivity contribution in [1.82, 2.24) is 29.5 Å². The lowest BCUT2D eigenvalue weighted by Gasteiger charge is -2.24. The number of carbonyl (C=O) groups excluding carboxylic acids is 1. The van der Waals surface area contributed by atoms with Crippen LogP contribution in [0.4, 0.5) is 0 Å². The van der Waals surface area contributed by atoms with Crippen molar-refractivity contribution in [2.24, 2.45) is 5.41 Å². The van der Waals surface area contributed by atoms with E-state index < -0.39 is 0 Å². The van der Waals surface area contributed by atoms with Crippen LogP contribution in [0, 0.1) is 5.41 Å². The number of aromatic amines is 1. The number of nitrogens with zero attached hydrogens (tertiary/aromatic N) is 5. The van der Waals surface area contributed by atoms with Gasteiger partial charge in [-0.05, 0) is 32.0 Å². The minimum absolute atomic E-state index is 0.0547. The summed E-state index contributed by atoms with van der Waals surface area (Å²) in [4.78, 5) is 21.9. The zero-order valence-electron chi connectivity index (χ0n) is 16.6. The third-order valence-corrected chi connectivity index (χ3v) is 6.14. The van der Waals surface area contributed by atoms with Crippen molar-refractivity contribution in [2.75, 3.05) is 32.7 Å². The van der Waals surface area contributed by atoms with Crippen molar-refractivity contribution in [3.63, 3.8) is 0 Å². The summed E-state index contributed by atoms with van der Waals surface area (Å²) in [6.45, 7) is 12.2. The molecular weight excluding hydrogens is 340 g/mol. The zero-order valence-corrected chi connectivity index (χ0v) is 16.6. The Morgan fingerprint density at radius 3 is 2.85 bits per heavy atom. The largest absolute Gasteiger partial charge is 0.337 e. The number of likely N-dealkylation sites (tertiary alicyclic amines) is 2. The van der Waals surface area contributed by atoms with Crippen molar-refractivity contribution < 1.29 is 4.79 Å². The molecule has 1 spiro atoms. The molecule has 0 bridgehead atoms. The standard InChI is InChI=1S/C20H30N6O/c1-4-24-8-5-20(13-24)6-9-26(14-20)19(27)17-11-16(22-23-17)12-25-10-7-21-18(25)15(2)3/h7,10-11,15H,4-6,8-9,12-14H2,1-3H3,(H,22,23). The third-order valence-electron chi connectivity index (χ3n) is 6.14. The Kier molecular flexibility index (Phi) is 4.80. The molecule has 1 unspecified atom stereocenters. The third kappa shape index (κ3) is 3.52. The number of H-pyrrole nitrogens is 1. The lowest BCUT2D eigenvalue weighted by Crippen LogP contribution is -2.34. The molecule has 4 heterocycles. The Balaban J connectivity index is 1.41. The second kappa shape index (κ2) is 7.11. The quantitative estimate of drug-likeness (QED) is 0.877. The van der Waals surface area contributed by atoms with Crippen LogP contribution in [0.5, 0.6) is 0 Å². The average Bonchev–Trinajstić information content (AvgIpc) is 3.43. The Hall–Kier alpha value is -2.15. The molecule has 2 saturated heterocycles. The maximum atomic E-state index is 12.9. The zero-order chi connectivity index (χ0) is 19.0. The van der Waals surface area contributed by atoms with E-state index in [1.165, 1.54) is 6.42 Å². The Morgan fingerprint density at radius 2 is 2.11 bits per heavy atom. The molecule has 1 amide bonds. The minimum atomic E-state index is 0.0547. The van der Waals surface area contributed by atoms with Gasteiger partial charge in [0.05, 0.1) is 12.2 Å². The molecular formula is C20H30N6O. The first-order valence-electron chi connectivity index (χ1n) is 10.1. The van der Waals surface area contributed by atoms with E-state index in [9.17, 15) is 4.79 Å². The SMILES string of the molecule is CCN1CCC2(CCN(C(=O)c3cc(Cn4ccnc4C(C)C)[nH]n3)C2)C1. The molecule has 2 aromatic rings. The van der Waals surface area contributed by atoms with Gasteiger partial charge in [-0.2, -0.15) is 5.10 Å². The van der Waals surface area contributed by atoms with Gasteiger partial charge in [-0.15, -0.1) is 0 Å². The van der Waals surface area contributed by atoms with Crippen molar-refractivity contribution in [3.05, 3.63) is 35.7 Å². The maximum absolute atomic E-state index is 12.9. The number of amides is 1. The minimum Gasteiger partial charge on any atom is -0.337 e. The van der Waals surface area contributed by atoms with Crippen molar-refractivity contribution in [3.8, 4) is 0 Å². The molecule has 1 N–H and O–H groups in total. The van der Waals surface area contributed by atoms with Gasteiger partial charge in [0, 0.05) is 43.4 Å². The molecule has 0 aliphatic carbocycles. The number of hydrogen-bond acceptors (Lipinski definition) is 4. The normalized spacial score (nSPS) is 23.2. The number of rotatable bonds is 5. The number of hydrogen-bond donors (Lipinski definition) is 1. The Bertz CT molecular complexity index is 809. The van der Waals surface area contributed by atoms with Crippen LogP contribution in [0.15, 0.2) is 18.5 Å². The summed E-state index contributed by atoms with van der Waals surface area (Å²) in [6, 6.07) is 1.89. The molecule has 146 valence electrons. The van der Waals surface area contributed by atoms with Crippen LogP contribution in [-0.4, -0.2) is 68.2 Å². The van der Waals surface area contributed by atoms with Crippen LogP contribution >= 0.6 is 0 Å². The summed E-state index contributed by atoms with van der Waals surface area (Å²) in [5, 5.41) is 7.34. The van der Waals surface area contributed by atoms with Gasteiger partial charge in [-0.1, -0.05) is 20.8 Å². The van der Waals surface area contributed by atoms with E-state index in [0.29, 0.717) is 23.6 Å². The van der Waals surface area contributed by atoms with Crippen LogP contribution in [-0.2, 0) is 6.54 Å². The molecule has 7 nitrogen and oxygen atoms in total. The number of nitrogens with one attached hydrogen (secondary N) is 1. The summed E-state index contributed by atoms with van der Waals surface area (Å²) < 4.78 is 2.11. The molecule has 2 aromatic heterocycles. The van der Waals surface area contributed by atoms with Crippen molar-refractivity contribution in [1.29, 1.82) is 0 Å². The molecule has 27 heavy (non-hydrogen) atoms. The summed E-state index contributed by atoms with van der Waals surface area (Å²) >= 11 is 0. The summed E-state index contributed by atoms with van der Waals surface area (Å²) in [5.41, 5.74) is 1.76. The smallest absolute Gasteiger partial charge is 0.274 e. The molecule has 1 atom stereocenters. The van der Waals surface area contributed by atoms with E-state index in [0.717, 1.165) is 50.7 Å². The van der Waals surface area contributed by atoms with Gasteiger partial charge in [0.25, 0.3) is 5.91 Å². The average molecular weight is 371 g/mol. The highest BCUT2D eigenvalue weighted by molar-refractivity contribution is 5.92. The van der Waals surface area contributed by atoms with E-state index in [2.05, 4.69) is 45.4 Å². The van der Waals surface area contributed by atoms with Crippen molar-refractivity contribution >= 4 is 5.91 Å². The number of imidazole rings is 1. The van der Waals surface area contributed by atoms with Gasteiger partial charge in [0.2, 0.25) is 0 Å². The van der Waals surface area contributed by atoms with Gasteiger partial charge < -0.3 is 14.4 Å². The van der Waals surface area contributed by atoms with Crippen LogP contribution in [0.2, 0.25) is 0 Å². The number of aromatic nitrogens is 4. The molecule has 0 saturated carbocycles. The molecule has 4 rings (SSSR count). The van der Waals surface area contributed by atoms with Crippen molar-refractivity contribution in [2.45, 2.75) is 46.1 Å². The van der Waals surface area contributed by atoms with E-state index >= 15 is 0 Å². The Labute approximate surface area is 160 Å². The van der Waals surface area contributed by atoms with Crippen LogP contribution < -0.4 is 0 Å². The Morgan fingerprint density at radius 1 is 1.30 bits per heavy atom. The molecule has 0 aromatic carbocycles. The predicted molar refractivity (Wildman–Crippen MR) is 104 cm³/mol. The van der Waals surface area contributed by atoms with E-state index in [-0.39, 0.29) is 5.91 Å². The lowest BCUT2D eigenvalue weighted by atomic mass is 9.86. The second-order valence-corrected chi connectivity index (χ2v) is 8.44. The molecule has 7 heteroatoms. The highest BCUT2D eigenvalue weighted by Crippen LogP contribution is 2.39. The molecule has 2 aliphatic rings. The summed E-state index contributed by atoms with van der Waals surface area (Å²) in [5.74, 6) is 1.46. The number of carbonyl (C=O) groups is 1. The maximum Gasteiger partial charge on any atom is 0.274 e. The molecule has 2 fully saturated rings. The highest BCUT2D eigenvalue weighted by atomic mass is 16.2. The van der Waals surface area contributed by atoms with Gasteiger partial charge in [0.1, 0.15) is 11.5 Å². The van der Waals surface area contributed by atoms with Gasteiger partial charge >= 0.3 is 0 Å². The fraction of sp³-hybridized carbons (Fsp3) is 0.650. The first-order chi connectivity index (χ1) is 13.0. The van der Waals surface area contributed by atoms with E-state index in [4.69, 9.17) is 0 Å². The lowest BCUT2D eigenvalue weighted by molar-refractivity contribution is 0.0767. The summed E-state index contributed by atoms with van der Waals surface area (Å²) in [6.07, 6.45) is 6.11. The topological polar surface area (TPSA) is 70.1 Å². The van der Waals surface area contributed by atoms with Crippen LogP contribution in [0.3, 0.4) is 0 Å². The van der Waals surface area contributed by atoms with E-state index in [1.54, 1.807) is 0 Å². The van der Waals surface area contributed by atoms with Gasteiger partial charge in [0.15, 0.2) is 0 Å². The highest BCUT2D eigenvalue weighted by Gasteiger charge is 2.44. The fourth-order valence-corrected chi connectivity index (χ4v) is 4.59. The summed E-state index contributed by atoms with van der Waals surface area (Å²) in [7, 11) is 0. The monoisotopic (exact) mass is 370 g/mol. The molecule has 0 radical (unpaired) electrons. The fourth-order valence-electron chi connectivity index (χ4n) is 4.59. The van der Waals surface area contributed by atoms with Gasteiger partial charge in [-0.3, -0.25) is 9.89 Å². The molecule has 2 aliphatic heterocycles.